The Morgan fingerprint density at radius 2 is 2.19 bits per heavy atom. The van der Waals surface area contributed by atoms with Gasteiger partial charge in [0.25, 0.3) is 0 Å². The topological polar surface area (TPSA) is 56.2 Å². The molecule has 0 radical (unpaired) electrons. The van der Waals surface area contributed by atoms with Crippen LogP contribution in [0.5, 0.6) is 0 Å². The number of hydrogen-bond acceptors (Lipinski definition) is 4. The van der Waals surface area contributed by atoms with E-state index in [9.17, 15) is 4.79 Å². The summed E-state index contributed by atoms with van der Waals surface area (Å²) in [4.78, 5) is 16.9. The van der Waals surface area contributed by atoms with Crippen LogP contribution in [-0.4, -0.2) is 34.2 Å². The van der Waals surface area contributed by atoms with Gasteiger partial charge in [-0.05, 0) is 52.5 Å². The molecule has 0 fully saturated rings. The average molecular weight is 293 g/mol. The minimum Gasteiger partial charge on any atom is -0.465 e. The van der Waals surface area contributed by atoms with Crippen molar-refractivity contribution < 1.29 is 9.53 Å². The third kappa shape index (κ3) is 3.64. The van der Waals surface area contributed by atoms with Gasteiger partial charge in [0.05, 0.1) is 25.2 Å². The molecule has 0 aromatic carbocycles. The average Bonchev–Trinajstić information content (AvgIpc) is 2.89. The van der Waals surface area contributed by atoms with Crippen LogP contribution in [-0.2, 0) is 28.9 Å². The normalized spacial score (nSPS) is 17.1. The second-order valence-corrected chi connectivity index (χ2v) is 5.95. The van der Waals surface area contributed by atoms with Crippen LogP contribution in [0.1, 0.15) is 51.4 Å². The SMILES string of the molecule is CCCNC(C)(Cn1cnc2c1CCCC2)C(=O)OCC. The van der Waals surface area contributed by atoms with Gasteiger partial charge in [-0.1, -0.05) is 6.92 Å². The Hall–Kier alpha value is -1.36. The highest BCUT2D eigenvalue weighted by Gasteiger charge is 2.35. The van der Waals surface area contributed by atoms with Gasteiger partial charge in [0, 0.05) is 5.69 Å². The van der Waals surface area contributed by atoms with Crippen LogP contribution in [0, 0.1) is 0 Å². The molecule has 1 atom stereocenters. The van der Waals surface area contributed by atoms with Gasteiger partial charge in [-0.15, -0.1) is 0 Å². The molecule has 0 saturated carbocycles. The lowest BCUT2D eigenvalue weighted by Crippen LogP contribution is -2.53. The van der Waals surface area contributed by atoms with Crippen molar-refractivity contribution in [1.29, 1.82) is 0 Å². The molecule has 2 rings (SSSR count). The first-order valence-corrected chi connectivity index (χ1v) is 8.06. The number of nitrogens with one attached hydrogen (secondary N) is 1. The largest absolute Gasteiger partial charge is 0.465 e. The molecule has 1 aromatic rings. The molecule has 1 aromatic heterocycles. The van der Waals surface area contributed by atoms with Crippen molar-refractivity contribution in [3.63, 3.8) is 0 Å². The Labute approximate surface area is 127 Å². The van der Waals surface area contributed by atoms with Crippen LogP contribution in [0.15, 0.2) is 6.33 Å². The van der Waals surface area contributed by atoms with E-state index in [1.807, 2.05) is 20.2 Å². The number of rotatable bonds is 7. The molecule has 1 heterocycles. The standard InChI is InChI=1S/C16H27N3O2/c1-4-10-18-16(3,15(20)21-5-2)11-19-12-17-13-8-6-7-9-14(13)19/h12,18H,4-11H2,1-3H3. The van der Waals surface area contributed by atoms with E-state index >= 15 is 0 Å². The van der Waals surface area contributed by atoms with Crippen LogP contribution in [0.25, 0.3) is 0 Å². The summed E-state index contributed by atoms with van der Waals surface area (Å²) >= 11 is 0. The maximum absolute atomic E-state index is 12.3. The third-order valence-electron chi connectivity index (χ3n) is 4.09. The molecule has 5 heteroatoms. The summed E-state index contributed by atoms with van der Waals surface area (Å²) in [7, 11) is 0. The molecule has 1 aliphatic rings. The smallest absolute Gasteiger partial charge is 0.327 e. The molecule has 1 unspecified atom stereocenters. The molecule has 1 aliphatic carbocycles. The van der Waals surface area contributed by atoms with Crippen molar-refractivity contribution in [3.8, 4) is 0 Å². The van der Waals surface area contributed by atoms with Gasteiger partial charge in [-0.2, -0.15) is 0 Å². The van der Waals surface area contributed by atoms with E-state index < -0.39 is 5.54 Å². The number of aryl methyl sites for hydroxylation is 1. The summed E-state index contributed by atoms with van der Waals surface area (Å²) in [5, 5.41) is 3.35. The van der Waals surface area contributed by atoms with Gasteiger partial charge >= 0.3 is 5.97 Å². The Morgan fingerprint density at radius 1 is 1.43 bits per heavy atom. The number of esters is 1. The van der Waals surface area contributed by atoms with Crippen molar-refractivity contribution in [2.24, 2.45) is 0 Å². The van der Waals surface area contributed by atoms with Crippen molar-refractivity contribution in [1.82, 2.24) is 14.9 Å². The summed E-state index contributed by atoms with van der Waals surface area (Å²) in [6, 6.07) is 0. The Balaban J connectivity index is 2.18. The molecule has 0 amide bonds. The third-order valence-corrected chi connectivity index (χ3v) is 4.09. The molecule has 5 nitrogen and oxygen atoms in total. The molecule has 21 heavy (non-hydrogen) atoms. The van der Waals surface area contributed by atoms with Crippen molar-refractivity contribution in [2.75, 3.05) is 13.2 Å². The number of ether oxygens (including phenoxy) is 1. The summed E-state index contributed by atoms with van der Waals surface area (Å²) in [5.41, 5.74) is 1.79. The zero-order valence-corrected chi connectivity index (χ0v) is 13.4. The fourth-order valence-corrected chi connectivity index (χ4v) is 2.89. The quantitative estimate of drug-likeness (QED) is 0.782. The molecule has 0 saturated heterocycles. The Morgan fingerprint density at radius 3 is 2.90 bits per heavy atom. The summed E-state index contributed by atoms with van der Waals surface area (Å²) in [6.45, 7) is 7.65. The van der Waals surface area contributed by atoms with E-state index in [1.54, 1.807) is 0 Å². The predicted molar refractivity (Wildman–Crippen MR) is 82.2 cm³/mol. The maximum atomic E-state index is 12.3. The van der Waals surface area contributed by atoms with Crippen LogP contribution in [0.4, 0.5) is 0 Å². The highest BCUT2D eigenvalue weighted by atomic mass is 16.5. The second kappa shape index (κ2) is 7.07. The lowest BCUT2D eigenvalue weighted by atomic mass is 9.99. The lowest BCUT2D eigenvalue weighted by Gasteiger charge is -2.30. The molecular formula is C16H27N3O2. The van der Waals surface area contributed by atoms with E-state index in [0.29, 0.717) is 13.2 Å². The number of nitrogens with zero attached hydrogens (tertiary/aromatic N) is 2. The van der Waals surface area contributed by atoms with Crippen molar-refractivity contribution in [2.45, 2.75) is 65.0 Å². The zero-order chi connectivity index (χ0) is 15.3. The van der Waals surface area contributed by atoms with Crippen molar-refractivity contribution in [3.05, 3.63) is 17.7 Å². The molecule has 0 aliphatic heterocycles. The van der Waals surface area contributed by atoms with Gasteiger partial charge in [0.1, 0.15) is 5.54 Å². The first-order valence-electron chi connectivity index (χ1n) is 8.06. The Kier molecular flexibility index (Phi) is 5.39. The van der Waals surface area contributed by atoms with Gasteiger partial charge in [0.2, 0.25) is 0 Å². The second-order valence-electron chi connectivity index (χ2n) is 5.95. The van der Waals surface area contributed by atoms with Gasteiger partial charge in [-0.25, -0.2) is 9.78 Å². The summed E-state index contributed by atoms with van der Waals surface area (Å²) < 4.78 is 7.39. The molecular weight excluding hydrogens is 266 g/mol. The van der Waals surface area contributed by atoms with E-state index in [4.69, 9.17) is 4.74 Å². The van der Waals surface area contributed by atoms with Crippen molar-refractivity contribution >= 4 is 5.97 Å². The van der Waals surface area contributed by atoms with Crippen LogP contribution in [0.2, 0.25) is 0 Å². The number of fused-ring (bicyclic) bond motifs is 1. The highest BCUT2D eigenvalue weighted by Crippen LogP contribution is 2.22. The van der Waals surface area contributed by atoms with Crippen LogP contribution in [0.3, 0.4) is 0 Å². The van der Waals surface area contributed by atoms with Gasteiger partial charge in [-0.3, -0.25) is 0 Å². The van der Waals surface area contributed by atoms with Gasteiger partial charge in [0.15, 0.2) is 0 Å². The van der Waals surface area contributed by atoms with Crippen LogP contribution >= 0.6 is 0 Å². The number of carbonyl (C=O) groups excluding carboxylic acids is 1. The zero-order valence-electron chi connectivity index (χ0n) is 13.4. The molecule has 118 valence electrons. The van der Waals surface area contributed by atoms with E-state index in [0.717, 1.165) is 25.8 Å². The van der Waals surface area contributed by atoms with Crippen LogP contribution < -0.4 is 5.32 Å². The summed E-state index contributed by atoms with van der Waals surface area (Å²) in [6.07, 6.45) is 7.39. The van der Waals surface area contributed by atoms with E-state index in [2.05, 4.69) is 21.8 Å². The van der Waals surface area contributed by atoms with E-state index in [1.165, 1.54) is 24.2 Å². The molecule has 0 bridgehead atoms. The highest BCUT2D eigenvalue weighted by molar-refractivity contribution is 5.80. The fraction of sp³-hybridized carbons (Fsp3) is 0.750. The first kappa shape index (κ1) is 16.0. The van der Waals surface area contributed by atoms with Gasteiger partial charge < -0.3 is 14.6 Å². The summed E-state index contributed by atoms with van der Waals surface area (Å²) in [5.74, 6) is -0.184. The maximum Gasteiger partial charge on any atom is 0.327 e. The monoisotopic (exact) mass is 293 g/mol. The number of imidazole rings is 1. The minimum atomic E-state index is -0.696. The number of carbonyl (C=O) groups is 1. The van der Waals surface area contributed by atoms with E-state index in [-0.39, 0.29) is 5.97 Å². The molecule has 1 N–H and O–H groups in total. The predicted octanol–water partition coefficient (Wildman–Crippen LogP) is 2.08. The minimum absolute atomic E-state index is 0.184. The number of hydrogen-bond donors (Lipinski definition) is 1. The fourth-order valence-electron chi connectivity index (χ4n) is 2.89. The molecule has 0 spiro atoms. The number of aromatic nitrogens is 2. The Bertz CT molecular complexity index is 484. The lowest BCUT2D eigenvalue weighted by molar-refractivity contribution is -0.151. The first-order chi connectivity index (χ1) is 10.1.